The van der Waals surface area contributed by atoms with Gasteiger partial charge in [-0.2, -0.15) is 8.78 Å². The minimum atomic E-state index is -3.06. The van der Waals surface area contributed by atoms with Crippen LogP contribution in [0.1, 0.15) is 15.9 Å². The van der Waals surface area contributed by atoms with E-state index in [0.29, 0.717) is 17.1 Å². The van der Waals surface area contributed by atoms with Crippen molar-refractivity contribution >= 4 is 29.0 Å². The van der Waals surface area contributed by atoms with E-state index in [2.05, 4.69) is 20.7 Å². The SMILES string of the molecule is COc1ccc(C(=O)Nc2cc(NC(=O)Nc3ccccc3)ccc2C)cc1OC(F)F. The van der Waals surface area contributed by atoms with Gasteiger partial charge in [-0.25, -0.2) is 4.79 Å². The van der Waals surface area contributed by atoms with Crippen LogP contribution in [0, 0.1) is 6.92 Å². The molecular weight excluding hydrogens is 420 g/mol. The number of aryl methyl sites for hydroxylation is 1. The lowest BCUT2D eigenvalue weighted by atomic mass is 10.1. The third-order valence-corrected chi connectivity index (χ3v) is 4.42. The molecule has 7 nitrogen and oxygen atoms in total. The molecule has 0 saturated heterocycles. The number of para-hydroxylation sites is 1. The van der Waals surface area contributed by atoms with Gasteiger partial charge in [0.05, 0.1) is 7.11 Å². The fourth-order valence-electron chi connectivity index (χ4n) is 2.85. The number of ether oxygens (including phenoxy) is 2. The molecule has 3 aromatic rings. The van der Waals surface area contributed by atoms with E-state index in [9.17, 15) is 18.4 Å². The number of hydrogen-bond acceptors (Lipinski definition) is 4. The molecule has 32 heavy (non-hydrogen) atoms. The van der Waals surface area contributed by atoms with Crippen LogP contribution in [0.3, 0.4) is 0 Å². The van der Waals surface area contributed by atoms with Crippen molar-refractivity contribution in [2.75, 3.05) is 23.1 Å². The largest absolute Gasteiger partial charge is 0.493 e. The molecule has 0 atom stereocenters. The molecule has 0 spiro atoms. The van der Waals surface area contributed by atoms with Crippen LogP contribution < -0.4 is 25.4 Å². The highest BCUT2D eigenvalue weighted by Gasteiger charge is 2.16. The highest BCUT2D eigenvalue weighted by atomic mass is 19.3. The monoisotopic (exact) mass is 441 g/mol. The summed E-state index contributed by atoms with van der Waals surface area (Å²) in [5.41, 5.74) is 2.37. The van der Waals surface area contributed by atoms with Crippen molar-refractivity contribution < 1.29 is 27.8 Å². The summed E-state index contributed by atoms with van der Waals surface area (Å²) in [4.78, 5) is 24.9. The number of benzene rings is 3. The maximum Gasteiger partial charge on any atom is 0.387 e. The van der Waals surface area contributed by atoms with Gasteiger partial charge < -0.3 is 25.4 Å². The number of methoxy groups -OCH3 is 1. The van der Waals surface area contributed by atoms with Crippen molar-refractivity contribution in [1.29, 1.82) is 0 Å². The topological polar surface area (TPSA) is 88.7 Å². The number of halogens is 2. The molecule has 0 radical (unpaired) electrons. The van der Waals surface area contributed by atoms with E-state index in [-0.39, 0.29) is 17.1 Å². The number of carbonyl (C=O) groups excluding carboxylic acids is 2. The first-order valence-corrected chi connectivity index (χ1v) is 9.53. The summed E-state index contributed by atoms with van der Waals surface area (Å²) in [6.07, 6.45) is 0. The Morgan fingerprint density at radius 2 is 1.56 bits per heavy atom. The predicted octanol–water partition coefficient (Wildman–Crippen LogP) is 5.50. The molecule has 0 aliphatic carbocycles. The third kappa shape index (κ3) is 5.94. The normalized spacial score (nSPS) is 10.4. The Labute approximate surface area is 183 Å². The predicted molar refractivity (Wildman–Crippen MR) is 118 cm³/mol. The van der Waals surface area contributed by atoms with Crippen LogP contribution in [0.5, 0.6) is 11.5 Å². The maximum atomic E-state index is 12.7. The molecule has 3 rings (SSSR count). The minimum Gasteiger partial charge on any atom is -0.493 e. The lowest BCUT2D eigenvalue weighted by Gasteiger charge is -2.14. The summed E-state index contributed by atoms with van der Waals surface area (Å²) in [6.45, 7) is -1.28. The average Bonchev–Trinajstić information content (AvgIpc) is 2.76. The summed E-state index contributed by atoms with van der Waals surface area (Å²) in [6, 6.07) is 17.5. The van der Waals surface area contributed by atoms with Gasteiger partial charge in [0.25, 0.3) is 5.91 Å². The Kier molecular flexibility index (Phi) is 7.22. The van der Waals surface area contributed by atoms with E-state index in [0.717, 1.165) is 5.56 Å². The van der Waals surface area contributed by atoms with Crippen LogP contribution in [0.2, 0.25) is 0 Å². The zero-order valence-electron chi connectivity index (χ0n) is 17.3. The number of rotatable bonds is 7. The first-order chi connectivity index (χ1) is 15.4. The highest BCUT2D eigenvalue weighted by Crippen LogP contribution is 2.30. The van der Waals surface area contributed by atoms with E-state index in [1.54, 1.807) is 49.4 Å². The van der Waals surface area contributed by atoms with Crippen molar-refractivity contribution in [3.63, 3.8) is 0 Å². The van der Waals surface area contributed by atoms with Crippen molar-refractivity contribution in [1.82, 2.24) is 0 Å². The zero-order valence-corrected chi connectivity index (χ0v) is 17.3. The highest BCUT2D eigenvalue weighted by molar-refractivity contribution is 6.06. The quantitative estimate of drug-likeness (QED) is 0.452. The van der Waals surface area contributed by atoms with Crippen LogP contribution in [0.25, 0.3) is 0 Å². The van der Waals surface area contributed by atoms with Crippen molar-refractivity contribution in [3.8, 4) is 11.5 Å². The first kappa shape index (κ1) is 22.5. The molecule has 9 heteroatoms. The van der Waals surface area contributed by atoms with Crippen LogP contribution in [-0.4, -0.2) is 25.7 Å². The van der Waals surface area contributed by atoms with E-state index in [4.69, 9.17) is 4.74 Å². The van der Waals surface area contributed by atoms with E-state index >= 15 is 0 Å². The molecule has 0 aliphatic heterocycles. The van der Waals surface area contributed by atoms with Crippen LogP contribution in [-0.2, 0) is 0 Å². The summed E-state index contributed by atoms with van der Waals surface area (Å²) in [7, 11) is 1.31. The van der Waals surface area contributed by atoms with Gasteiger partial charge in [-0.3, -0.25) is 4.79 Å². The summed E-state index contributed by atoms with van der Waals surface area (Å²) >= 11 is 0. The Hall–Kier alpha value is -4.14. The minimum absolute atomic E-state index is 0.0775. The third-order valence-electron chi connectivity index (χ3n) is 4.42. The molecule has 0 unspecified atom stereocenters. The first-order valence-electron chi connectivity index (χ1n) is 9.53. The van der Waals surface area contributed by atoms with Gasteiger partial charge in [0.2, 0.25) is 0 Å². The summed E-state index contributed by atoms with van der Waals surface area (Å²) in [5, 5.41) is 8.11. The molecule has 0 aliphatic rings. The standard InChI is InChI=1S/C23H21F2N3O4/c1-14-8-10-17(27-23(30)26-16-6-4-3-5-7-16)13-18(14)28-21(29)15-9-11-19(31-2)20(12-15)32-22(24)25/h3-13,22H,1-2H3,(H,28,29)(H2,26,27,30). The van der Waals surface area contributed by atoms with Gasteiger partial charge in [-0.1, -0.05) is 24.3 Å². The maximum absolute atomic E-state index is 12.7. The molecule has 3 amide bonds. The molecule has 0 aromatic heterocycles. The van der Waals surface area contributed by atoms with Crippen molar-refractivity contribution in [3.05, 3.63) is 77.9 Å². The number of amides is 3. The van der Waals surface area contributed by atoms with E-state index in [1.165, 1.54) is 25.3 Å². The van der Waals surface area contributed by atoms with Crippen molar-refractivity contribution in [2.24, 2.45) is 0 Å². The molecule has 0 bridgehead atoms. The second kappa shape index (κ2) is 10.3. The summed E-state index contributed by atoms with van der Waals surface area (Å²) < 4.78 is 34.7. The molecule has 0 heterocycles. The second-order valence-electron chi connectivity index (χ2n) is 6.67. The molecule has 3 aromatic carbocycles. The number of urea groups is 1. The number of hydrogen-bond donors (Lipinski definition) is 3. The molecule has 0 saturated carbocycles. The van der Waals surface area contributed by atoms with Gasteiger partial charge in [-0.05, 0) is 55.0 Å². The van der Waals surface area contributed by atoms with Crippen LogP contribution >= 0.6 is 0 Å². The van der Waals surface area contributed by atoms with Gasteiger partial charge in [0, 0.05) is 22.6 Å². The van der Waals surface area contributed by atoms with Gasteiger partial charge in [0.15, 0.2) is 11.5 Å². The molecule has 3 N–H and O–H groups in total. The summed E-state index contributed by atoms with van der Waals surface area (Å²) in [5.74, 6) is -0.714. The molecule has 0 fully saturated rings. The smallest absolute Gasteiger partial charge is 0.387 e. The van der Waals surface area contributed by atoms with Gasteiger partial charge >= 0.3 is 12.6 Å². The van der Waals surface area contributed by atoms with Gasteiger partial charge in [-0.15, -0.1) is 0 Å². The van der Waals surface area contributed by atoms with Crippen LogP contribution in [0.15, 0.2) is 66.7 Å². The number of anilines is 3. The van der Waals surface area contributed by atoms with E-state index < -0.39 is 18.5 Å². The lowest BCUT2D eigenvalue weighted by Crippen LogP contribution is -2.19. The number of alkyl halides is 2. The van der Waals surface area contributed by atoms with Gasteiger partial charge in [0.1, 0.15) is 0 Å². The number of nitrogens with one attached hydrogen (secondary N) is 3. The Morgan fingerprint density at radius 3 is 2.25 bits per heavy atom. The fourth-order valence-corrected chi connectivity index (χ4v) is 2.85. The lowest BCUT2D eigenvalue weighted by molar-refractivity contribution is -0.0512. The van der Waals surface area contributed by atoms with E-state index in [1.807, 2.05) is 6.07 Å². The average molecular weight is 441 g/mol. The second-order valence-corrected chi connectivity index (χ2v) is 6.67. The Bertz CT molecular complexity index is 1110. The Balaban J connectivity index is 1.73. The zero-order chi connectivity index (χ0) is 23.1. The van der Waals surface area contributed by atoms with Crippen LogP contribution in [0.4, 0.5) is 30.6 Å². The Morgan fingerprint density at radius 1 is 0.844 bits per heavy atom. The van der Waals surface area contributed by atoms with Crippen molar-refractivity contribution in [2.45, 2.75) is 13.5 Å². The molecular formula is C23H21F2N3O4. The number of carbonyl (C=O) groups is 2. The fraction of sp³-hybridized carbons (Fsp3) is 0.130. The molecule has 166 valence electrons.